The SMILES string of the molecule is Cc1ccc(SCCOS)cc1SO. The molecule has 1 rings (SSSR count). The maximum absolute atomic E-state index is 8.98. The van der Waals surface area contributed by atoms with E-state index in [0.29, 0.717) is 6.61 Å². The molecule has 1 aromatic rings. The molecule has 0 aliphatic rings. The molecule has 0 aliphatic heterocycles. The smallest absolute Gasteiger partial charge is 0.0704 e. The Labute approximate surface area is 98.3 Å². The first kappa shape index (κ1) is 12.3. The summed E-state index contributed by atoms with van der Waals surface area (Å²) in [6.07, 6.45) is 0. The van der Waals surface area contributed by atoms with E-state index < -0.39 is 0 Å². The third kappa shape index (κ3) is 3.74. The maximum Gasteiger partial charge on any atom is 0.0704 e. The van der Waals surface area contributed by atoms with Crippen molar-refractivity contribution in [1.82, 2.24) is 0 Å². The summed E-state index contributed by atoms with van der Waals surface area (Å²) in [5.74, 6) is 0.863. The van der Waals surface area contributed by atoms with Crippen LogP contribution in [0.15, 0.2) is 28.0 Å². The van der Waals surface area contributed by atoms with Crippen molar-refractivity contribution in [3.63, 3.8) is 0 Å². The van der Waals surface area contributed by atoms with E-state index in [1.165, 1.54) is 0 Å². The monoisotopic (exact) mass is 248 g/mol. The summed E-state index contributed by atoms with van der Waals surface area (Å²) in [4.78, 5) is 2.04. The van der Waals surface area contributed by atoms with Crippen molar-refractivity contribution < 1.29 is 8.74 Å². The second-order valence-electron chi connectivity index (χ2n) is 2.70. The molecule has 0 radical (unpaired) electrons. The molecule has 5 heteroatoms. The highest BCUT2D eigenvalue weighted by Gasteiger charge is 2.00. The summed E-state index contributed by atoms with van der Waals surface area (Å²) in [6.45, 7) is 2.59. The second-order valence-corrected chi connectivity index (χ2v) is 4.75. The average molecular weight is 248 g/mol. The van der Waals surface area contributed by atoms with Crippen LogP contribution in [0.2, 0.25) is 0 Å². The number of hydrogen-bond acceptors (Lipinski definition) is 5. The van der Waals surface area contributed by atoms with Crippen LogP contribution in [0.25, 0.3) is 0 Å². The minimum absolute atomic E-state index is 0.614. The van der Waals surface area contributed by atoms with Crippen LogP contribution in [-0.4, -0.2) is 16.9 Å². The highest BCUT2D eigenvalue weighted by molar-refractivity contribution is 7.99. The lowest BCUT2D eigenvalue weighted by atomic mass is 10.2. The lowest BCUT2D eigenvalue weighted by molar-refractivity contribution is 0.415. The average Bonchev–Trinajstić information content (AvgIpc) is 2.21. The van der Waals surface area contributed by atoms with Gasteiger partial charge in [-0.3, -0.25) is 0 Å². The molecule has 1 N–H and O–H groups in total. The zero-order valence-electron chi connectivity index (χ0n) is 7.77. The van der Waals surface area contributed by atoms with Gasteiger partial charge >= 0.3 is 0 Å². The fourth-order valence-electron chi connectivity index (χ4n) is 0.965. The first-order valence-electron chi connectivity index (χ1n) is 4.09. The molecule has 0 saturated carbocycles. The molecule has 0 aromatic heterocycles. The van der Waals surface area contributed by atoms with Crippen molar-refractivity contribution in [2.24, 2.45) is 0 Å². The van der Waals surface area contributed by atoms with Crippen LogP contribution in [0.5, 0.6) is 0 Å². The van der Waals surface area contributed by atoms with Gasteiger partial charge in [-0.15, -0.1) is 11.8 Å². The molecule has 0 unspecified atom stereocenters. The van der Waals surface area contributed by atoms with Crippen LogP contribution in [0.1, 0.15) is 5.56 Å². The third-order valence-electron chi connectivity index (χ3n) is 1.70. The zero-order valence-corrected chi connectivity index (χ0v) is 10.3. The number of thioether (sulfide) groups is 1. The summed E-state index contributed by atoms with van der Waals surface area (Å²) < 4.78 is 13.6. The molecule has 0 atom stereocenters. The minimum atomic E-state index is 0.614. The van der Waals surface area contributed by atoms with Gasteiger partial charge in [0.25, 0.3) is 0 Å². The lowest BCUT2D eigenvalue weighted by Gasteiger charge is -2.04. The predicted octanol–water partition coefficient (Wildman–Crippen LogP) is 3.51. The highest BCUT2D eigenvalue weighted by atomic mass is 32.2. The van der Waals surface area contributed by atoms with E-state index in [2.05, 4.69) is 17.1 Å². The molecule has 2 nitrogen and oxygen atoms in total. The number of rotatable bonds is 5. The van der Waals surface area contributed by atoms with E-state index >= 15 is 0 Å². The number of hydrogen-bond donors (Lipinski definition) is 2. The normalized spacial score (nSPS) is 10.5. The van der Waals surface area contributed by atoms with E-state index in [1.54, 1.807) is 11.8 Å². The standard InChI is InChI=1S/C9H12O2S3/c1-7-2-3-8(6-9(7)14-10)13-5-4-11-12/h2-3,6,10,12H,4-5H2,1H3. The highest BCUT2D eigenvalue weighted by Crippen LogP contribution is 2.26. The Morgan fingerprint density at radius 2 is 2.29 bits per heavy atom. The quantitative estimate of drug-likeness (QED) is 0.361. The summed E-state index contributed by atoms with van der Waals surface area (Å²) in [5, 5.41) is 0. The topological polar surface area (TPSA) is 29.5 Å². The molecule has 0 heterocycles. The Bertz CT molecular complexity index is 291. The van der Waals surface area contributed by atoms with Gasteiger partial charge in [0.2, 0.25) is 0 Å². The molecule has 0 fully saturated rings. The molecule has 0 aliphatic carbocycles. The first-order valence-corrected chi connectivity index (χ1v) is 6.21. The van der Waals surface area contributed by atoms with Gasteiger partial charge in [0.15, 0.2) is 0 Å². The summed E-state index contributed by atoms with van der Waals surface area (Å²) in [7, 11) is 0. The van der Waals surface area contributed by atoms with Crippen LogP contribution >= 0.6 is 36.7 Å². The van der Waals surface area contributed by atoms with Gasteiger partial charge in [-0.05, 0) is 37.5 Å². The maximum atomic E-state index is 8.98. The van der Waals surface area contributed by atoms with Gasteiger partial charge in [-0.1, -0.05) is 6.07 Å². The first-order chi connectivity index (χ1) is 6.77. The van der Waals surface area contributed by atoms with Crippen LogP contribution in [-0.2, 0) is 4.18 Å². The van der Waals surface area contributed by atoms with Crippen molar-refractivity contribution >= 4 is 36.7 Å². The van der Waals surface area contributed by atoms with Gasteiger partial charge < -0.3 is 8.74 Å². The minimum Gasteiger partial charge on any atom is -0.325 e. The Hall–Kier alpha value is 0.190. The van der Waals surface area contributed by atoms with Crippen molar-refractivity contribution in [3.8, 4) is 0 Å². The Kier molecular flexibility index (Phi) is 5.81. The van der Waals surface area contributed by atoms with Crippen LogP contribution in [0.4, 0.5) is 0 Å². The van der Waals surface area contributed by atoms with Crippen LogP contribution in [0, 0.1) is 6.92 Å². The number of thiol groups is 1. The van der Waals surface area contributed by atoms with E-state index in [1.807, 2.05) is 25.1 Å². The van der Waals surface area contributed by atoms with Crippen molar-refractivity contribution in [3.05, 3.63) is 23.8 Å². The van der Waals surface area contributed by atoms with Crippen LogP contribution < -0.4 is 0 Å². The van der Waals surface area contributed by atoms with Gasteiger partial charge in [-0.25, -0.2) is 0 Å². The van der Waals surface area contributed by atoms with Crippen molar-refractivity contribution in [1.29, 1.82) is 0 Å². The number of aryl methyl sites for hydroxylation is 1. The Morgan fingerprint density at radius 3 is 2.93 bits per heavy atom. The van der Waals surface area contributed by atoms with E-state index in [0.717, 1.165) is 33.2 Å². The van der Waals surface area contributed by atoms with Gasteiger partial charge in [-0.2, -0.15) is 0 Å². The molecular formula is C9H12O2S3. The summed E-state index contributed by atoms with van der Waals surface area (Å²) in [5.41, 5.74) is 1.09. The predicted molar refractivity (Wildman–Crippen MR) is 65.3 cm³/mol. The van der Waals surface area contributed by atoms with Gasteiger partial charge in [0.1, 0.15) is 0 Å². The van der Waals surface area contributed by atoms with E-state index in [4.69, 9.17) is 4.55 Å². The van der Waals surface area contributed by atoms with E-state index in [-0.39, 0.29) is 0 Å². The second kappa shape index (κ2) is 6.63. The molecule has 0 spiro atoms. The van der Waals surface area contributed by atoms with Crippen molar-refractivity contribution in [2.75, 3.05) is 12.4 Å². The fourth-order valence-corrected chi connectivity index (χ4v) is 2.41. The molecule has 14 heavy (non-hydrogen) atoms. The molecule has 0 amide bonds. The molecule has 1 aromatic carbocycles. The Morgan fingerprint density at radius 1 is 1.50 bits per heavy atom. The third-order valence-corrected chi connectivity index (χ3v) is 3.48. The van der Waals surface area contributed by atoms with Crippen LogP contribution in [0.3, 0.4) is 0 Å². The fraction of sp³-hybridized carbons (Fsp3) is 0.333. The Balaban J connectivity index is 2.60. The largest absolute Gasteiger partial charge is 0.325 e. The molecule has 0 saturated heterocycles. The number of benzene rings is 1. The molecular weight excluding hydrogens is 236 g/mol. The summed E-state index contributed by atoms with van der Waals surface area (Å²) >= 11 is 6.14. The molecule has 78 valence electrons. The zero-order chi connectivity index (χ0) is 10.4. The van der Waals surface area contributed by atoms with Gasteiger partial charge in [0, 0.05) is 27.6 Å². The van der Waals surface area contributed by atoms with Gasteiger partial charge in [0.05, 0.1) is 6.61 Å². The van der Waals surface area contributed by atoms with Crippen molar-refractivity contribution in [2.45, 2.75) is 16.7 Å². The molecule has 0 bridgehead atoms. The van der Waals surface area contributed by atoms with E-state index in [9.17, 15) is 0 Å². The lowest BCUT2D eigenvalue weighted by Crippen LogP contribution is -1.88. The summed E-state index contributed by atoms with van der Waals surface area (Å²) in [6, 6.07) is 6.02.